The Balaban J connectivity index is 1.24. The molecule has 2 fully saturated rings. The Labute approximate surface area is 171 Å². The first kappa shape index (κ1) is 18.5. The highest BCUT2D eigenvalue weighted by Gasteiger charge is 2.46. The summed E-state index contributed by atoms with van der Waals surface area (Å²) in [5, 5.41) is 4.33. The number of pyridine rings is 1. The SMILES string of the molecule is CN1CC2(CCN(Cc3cccnc3)CC2)CC1c1noc(-c2ccccc2)n1. The standard InChI is InChI=1S/C23H27N5O/c1-27-17-23(9-12-28(13-10-23)16-18-6-5-11-24-15-18)14-20(27)21-25-22(29-26-21)19-7-3-2-4-8-19/h2-8,11,15,20H,9-10,12-14,16-17H2,1H3. The summed E-state index contributed by atoms with van der Waals surface area (Å²) < 4.78 is 5.57. The number of aromatic nitrogens is 3. The third-order valence-electron chi connectivity index (χ3n) is 6.55. The molecule has 5 rings (SSSR count). The molecule has 2 aromatic heterocycles. The zero-order chi connectivity index (χ0) is 19.7. The molecule has 1 unspecified atom stereocenters. The van der Waals surface area contributed by atoms with Crippen LogP contribution in [-0.2, 0) is 6.54 Å². The molecule has 4 heterocycles. The number of likely N-dealkylation sites (tertiary alicyclic amines) is 2. The zero-order valence-corrected chi connectivity index (χ0v) is 16.9. The molecule has 1 aromatic carbocycles. The first-order chi connectivity index (χ1) is 14.2. The Kier molecular flexibility index (Phi) is 4.89. The normalized spacial score (nSPS) is 22.3. The maximum absolute atomic E-state index is 5.57. The fourth-order valence-electron chi connectivity index (χ4n) is 4.92. The van der Waals surface area contributed by atoms with Gasteiger partial charge in [0.2, 0.25) is 0 Å². The summed E-state index contributed by atoms with van der Waals surface area (Å²) in [5.74, 6) is 1.43. The largest absolute Gasteiger partial charge is 0.334 e. The number of piperidine rings is 1. The van der Waals surface area contributed by atoms with Crippen molar-refractivity contribution in [2.75, 3.05) is 26.7 Å². The number of nitrogens with zero attached hydrogens (tertiary/aromatic N) is 5. The number of benzene rings is 1. The molecule has 0 amide bonds. The molecule has 0 bridgehead atoms. The number of hydrogen-bond donors (Lipinski definition) is 0. The van der Waals surface area contributed by atoms with Crippen molar-refractivity contribution in [2.24, 2.45) is 5.41 Å². The second-order valence-corrected chi connectivity index (χ2v) is 8.60. The second kappa shape index (κ2) is 7.69. The summed E-state index contributed by atoms with van der Waals surface area (Å²) in [6, 6.07) is 14.4. The lowest BCUT2D eigenvalue weighted by Crippen LogP contribution is -2.40. The lowest BCUT2D eigenvalue weighted by atomic mass is 9.76. The molecule has 2 aliphatic rings. The van der Waals surface area contributed by atoms with Crippen molar-refractivity contribution in [3.05, 3.63) is 66.2 Å². The first-order valence-electron chi connectivity index (χ1n) is 10.4. The van der Waals surface area contributed by atoms with Gasteiger partial charge in [0.15, 0.2) is 5.82 Å². The quantitative estimate of drug-likeness (QED) is 0.677. The molecule has 0 N–H and O–H groups in total. The van der Waals surface area contributed by atoms with Crippen LogP contribution in [0.1, 0.15) is 36.7 Å². The van der Waals surface area contributed by atoms with Gasteiger partial charge in [0.05, 0.1) is 6.04 Å². The molecule has 1 spiro atoms. The molecular weight excluding hydrogens is 362 g/mol. The zero-order valence-electron chi connectivity index (χ0n) is 16.9. The Hall–Kier alpha value is -2.57. The van der Waals surface area contributed by atoms with Crippen molar-refractivity contribution in [3.8, 4) is 11.5 Å². The van der Waals surface area contributed by atoms with Gasteiger partial charge in [-0.3, -0.25) is 14.8 Å². The van der Waals surface area contributed by atoms with Gasteiger partial charge in [0, 0.05) is 31.0 Å². The second-order valence-electron chi connectivity index (χ2n) is 8.60. The fraction of sp³-hybridized carbons (Fsp3) is 0.435. The lowest BCUT2D eigenvalue weighted by molar-refractivity contribution is 0.105. The molecule has 1 atom stereocenters. The molecule has 0 radical (unpaired) electrons. The topological polar surface area (TPSA) is 58.3 Å². The minimum Gasteiger partial charge on any atom is -0.334 e. The highest BCUT2D eigenvalue weighted by molar-refractivity contribution is 5.52. The van der Waals surface area contributed by atoms with Crippen molar-refractivity contribution in [3.63, 3.8) is 0 Å². The first-order valence-corrected chi connectivity index (χ1v) is 10.4. The predicted molar refractivity (Wildman–Crippen MR) is 111 cm³/mol. The number of rotatable bonds is 4. The van der Waals surface area contributed by atoms with Crippen molar-refractivity contribution in [2.45, 2.75) is 31.8 Å². The van der Waals surface area contributed by atoms with Crippen LogP contribution >= 0.6 is 0 Å². The van der Waals surface area contributed by atoms with Gasteiger partial charge in [0.1, 0.15) is 0 Å². The van der Waals surface area contributed by atoms with Gasteiger partial charge in [-0.2, -0.15) is 4.98 Å². The lowest BCUT2D eigenvalue weighted by Gasteiger charge is -2.39. The summed E-state index contributed by atoms with van der Waals surface area (Å²) in [4.78, 5) is 13.9. The Morgan fingerprint density at radius 1 is 1.10 bits per heavy atom. The molecule has 0 aliphatic carbocycles. The highest BCUT2D eigenvalue weighted by atomic mass is 16.5. The average molecular weight is 390 g/mol. The van der Waals surface area contributed by atoms with Gasteiger partial charge in [0.25, 0.3) is 5.89 Å². The van der Waals surface area contributed by atoms with Crippen LogP contribution < -0.4 is 0 Å². The van der Waals surface area contributed by atoms with Crippen LogP contribution in [-0.4, -0.2) is 51.6 Å². The molecule has 6 heteroatoms. The Morgan fingerprint density at radius 2 is 1.93 bits per heavy atom. The third kappa shape index (κ3) is 3.82. The van der Waals surface area contributed by atoms with E-state index >= 15 is 0 Å². The minimum absolute atomic E-state index is 0.237. The van der Waals surface area contributed by atoms with Gasteiger partial charge in [-0.1, -0.05) is 29.4 Å². The van der Waals surface area contributed by atoms with E-state index in [9.17, 15) is 0 Å². The summed E-state index contributed by atoms with van der Waals surface area (Å²) in [7, 11) is 2.19. The van der Waals surface area contributed by atoms with E-state index in [-0.39, 0.29) is 6.04 Å². The highest BCUT2D eigenvalue weighted by Crippen LogP contribution is 2.48. The van der Waals surface area contributed by atoms with Crippen molar-refractivity contribution in [1.29, 1.82) is 0 Å². The van der Waals surface area contributed by atoms with Gasteiger partial charge in [-0.15, -0.1) is 0 Å². The van der Waals surface area contributed by atoms with Crippen LogP contribution in [0.3, 0.4) is 0 Å². The van der Waals surface area contributed by atoms with Crippen LogP contribution in [0.2, 0.25) is 0 Å². The molecule has 150 valence electrons. The van der Waals surface area contributed by atoms with Crippen molar-refractivity contribution in [1.82, 2.24) is 24.9 Å². The Morgan fingerprint density at radius 3 is 2.69 bits per heavy atom. The molecule has 6 nitrogen and oxygen atoms in total. The van der Waals surface area contributed by atoms with E-state index in [1.807, 2.05) is 48.8 Å². The fourth-order valence-corrected chi connectivity index (χ4v) is 4.92. The summed E-state index contributed by atoms with van der Waals surface area (Å²) in [5.41, 5.74) is 2.63. The van der Waals surface area contributed by atoms with E-state index in [2.05, 4.69) is 33.1 Å². The van der Waals surface area contributed by atoms with E-state index in [1.165, 1.54) is 18.4 Å². The van der Waals surface area contributed by atoms with Crippen molar-refractivity contribution >= 4 is 0 Å². The maximum Gasteiger partial charge on any atom is 0.257 e. The average Bonchev–Trinajstić information content (AvgIpc) is 3.36. The summed E-state index contributed by atoms with van der Waals surface area (Å²) in [6.45, 7) is 4.37. The van der Waals surface area contributed by atoms with E-state index in [0.29, 0.717) is 11.3 Å². The predicted octanol–water partition coefficient (Wildman–Crippen LogP) is 3.79. The molecular formula is C23H27N5O. The molecule has 2 aliphatic heterocycles. The van der Waals surface area contributed by atoms with E-state index in [0.717, 1.165) is 44.0 Å². The van der Waals surface area contributed by atoms with Crippen LogP contribution in [0, 0.1) is 5.41 Å². The summed E-state index contributed by atoms with van der Waals surface area (Å²) >= 11 is 0. The van der Waals surface area contributed by atoms with E-state index in [1.54, 1.807) is 0 Å². The molecule has 3 aromatic rings. The maximum atomic E-state index is 5.57. The van der Waals surface area contributed by atoms with E-state index in [4.69, 9.17) is 9.51 Å². The van der Waals surface area contributed by atoms with Gasteiger partial charge in [-0.05, 0) is 68.6 Å². The van der Waals surface area contributed by atoms with Crippen LogP contribution in [0.4, 0.5) is 0 Å². The molecule has 0 saturated carbocycles. The minimum atomic E-state index is 0.237. The molecule has 29 heavy (non-hydrogen) atoms. The summed E-state index contributed by atoms with van der Waals surface area (Å²) in [6.07, 6.45) is 7.36. The molecule has 2 saturated heterocycles. The van der Waals surface area contributed by atoms with Crippen LogP contribution in [0.25, 0.3) is 11.5 Å². The van der Waals surface area contributed by atoms with Crippen LogP contribution in [0.5, 0.6) is 0 Å². The Bertz CT molecular complexity index is 934. The van der Waals surface area contributed by atoms with Crippen LogP contribution in [0.15, 0.2) is 59.4 Å². The van der Waals surface area contributed by atoms with E-state index < -0.39 is 0 Å². The van der Waals surface area contributed by atoms with Crippen molar-refractivity contribution < 1.29 is 4.52 Å². The third-order valence-corrected chi connectivity index (χ3v) is 6.55. The van der Waals surface area contributed by atoms with Gasteiger partial charge in [-0.25, -0.2) is 0 Å². The monoisotopic (exact) mass is 389 g/mol. The smallest absolute Gasteiger partial charge is 0.257 e. The van der Waals surface area contributed by atoms with Gasteiger partial charge < -0.3 is 4.52 Å². The van der Waals surface area contributed by atoms with Gasteiger partial charge >= 0.3 is 0 Å². The number of hydrogen-bond acceptors (Lipinski definition) is 6.